The molecule has 3 nitrogen and oxygen atoms in total. The highest BCUT2D eigenvalue weighted by Crippen LogP contribution is 2.16. The van der Waals surface area contributed by atoms with Crippen molar-refractivity contribution in [2.75, 3.05) is 12.3 Å². The van der Waals surface area contributed by atoms with Crippen LogP contribution in [0, 0.1) is 6.92 Å². The Morgan fingerprint density at radius 2 is 1.94 bits per heavy atom. The number of pyridine rings is 1. The summed E-state index contributed by atoms with van der Waals surface area (Å²) in [6.45, 7) is 2.75. The molecule has 3 heteroatoms. The molecule has 0 atom stereocenters. The summed E-state index contributed by atoms with van der Waals surface area (Å²) < 4.78 is 5.65. The number of rotatable bonds is 5. The van der Waals surface area contributed by atoms with E-state index in [1.54, 1.807) is 6.20 Å². The SMILES string of the molecule is Cc1ccnc(N)c1CCCOc1ccccc1. The fourth-order valence-corrected chi connectivity index (χ4v) is 1.89. The molecule has 1 heterocycles. The number of aryl methyl sites for hydroxylation is 1. The van der Waals surface area contributed by atoms with Gasteiger partial charge in [0.15, 0.2) is 0 Å². The van der Waals surface area contributed by atoms with E-state index in [-0.39, 0.29) is 0 Å². The van der Waals surface area contributed by atoms with Crippen LogP contribution in [0.5, 0.6) is 5.75 Å². The Kier molecular flexibility index (Phi) is 4.18. The Morgan fingerprint density at radius 1 is 1.17 bits per heavy atom. The maximum Gasteiger partial charge on any atom is 0.126 e. The Bertz CT molecular complexity index is 477. The predicted octanol–water partition coefficient (Wildman–Crippen LogP) is 2.98. The lowest BCUT2D eigenvalue weighted by molar-refractivity contribution is 0.311. The summed E-state index contributed by atoms with van der Waals surface area (Å²) in [4.78, 5) is 4.11. The molecule has 0 bridgehead atoms. The number of aromatic nitrogens is 1. The summed E-state index contributed by atoms with van der Waals surface area (Å²) >= 11 is 0. The molecule has 1 aromatic heterocycles. The quantitative estimate of drug-likeness (QED) is 0.820. The monoisotopic (exact) mass is 242 g/mol. The van der Waals surface area contributed by atoms with Gasteiger partial charge in [-0.2, -0.15) is 0 Å². The van der Waals surface area contributed by atoms with Crippen LogP contribution in [-0.4, -0.2) is 11.6 Å². The number of hydrogen-bond acceptors (Lipinski definition) is 3. The molecule has 0 radical (unpaired) electrons. The smallest absolute Gasteiger partial charge is 0.126 e. The molecule has 0 spiro atoms. The number of nitrogen functional groups attached to an aromatic ring is 1. The van der Waals surface area contributed by atoms with Crippen LogP contribution >= 0.6 is 0 Å². The second-order valence-corrected chi connectivity index (χ2v) is 4.26. The largest absolute Gasteiger partial charge is 0.494 e. The average molecular weight is 242 g/mol. The minimum Gasteiger partial charge on any atom is -0.494 e. The van der Waals surface area contributed by atoms with Gasteiger partial charge in [-0.3, -0.25) is 0 Å². The zero-order valence-corrected chi connectivity index (χ0v) is 10.6. The number of nitrogens with zero attached hydrogens (tertiary/aromatic N) is 1. The van der Waals surface area contributed by atoms with E-state index in [9.17, 15) is 0 Å². The molecule has 0 unspecified atom stereocenters. The van der Waals surface area contributed by atoms with Gasteiger partial charge in [-0.25, -0.2) is 4.98 Å². The zero-order chi connectivity index (χ0) is 12.8. The highest BCUT2D eigenvalue weighted by molar-refractivity contribution is 5.43. The number of anilines is 1. The number of nitrogens with two attached hydrogens (primary N) is 1. The van der Waals surface area contributed by atoms with Crippen LogP contribution in [0.25, 0.3) is 0 Å². The van der Waals surface area contributed by atoms with Crippen molar-refractivity contribution < 1.29 is 4.74 Å². The molecule has 0 amide bonds. The molecular formula is C15H18N2O. The molecule has 2 aromatic rings. The molecule has 0 saturated heterocycles. The van der Waals surface area contributed by atoms with Crippen LogP contribution in [0.3, 0.4) is 0 Å². The van der Waals surface area contributed by atoms with Crippen molar-refractivity contribution in [3.05, 3.63) is 53.7 Å². The second-order valence-electron chi connectivity index (χ2n) is 4.26. The van der Waals surface area contributed by atoms with E-state index in [0.717, 1.165) is 24.2 Å². The highest BCUT2D eigenvalue weighted by atomic mass is 16.5. The van der Waals surface area contributed by atoms with Crippen molar-refractivity contribution in [2.45, 2.75) is 19.8 Å². The first kappa shape index (κ1) is 12.4. The molecule has 94 valence electrons. The van der Waals surface area contributed by atoms with Gasteiger partial charge in [-0.15, -0.1) is 0 Å². The third kappa shape index (κ3) is 3.23. The molecule has 0 aliphatic carbocycles. The second kappa shape index (κ2) is 6.05. The van der Waals surface area contributed by atoms with Gasteiger partial charge in [0, 0.05) is 6.20 Å². The highest BCUT2D eigenvalue weighted by Gasteiger charge is 2.03. The summed E-state index contributed by atoms with van der Waals surface area (Å²) in [5.41, 5.74) is 8.19. The first-order chi connectivity index (χ1) is 8.77. The predicted molar refractivity (Wildman–Crippen MR) is 73.6 cm³/mol. The topological polar surface area (TPSA) is 48.1 Å². The fourth-order valence-electron chi connectivity index (χ4n) is 1.89. The van der Waals surface area contributed by atoms with Crippen molar-refractivity contribution in [1.82, 2.24) is 4.98 Å². The number of para-hydroxylation sites is 1. The molecule has 0 aliphatic rings. The van der Waals surface area contributed by atoms with Gasteiger partial charge in [-0.05, 0) is 49.1 Å². The minimum atomic E-state index is 0.634. The van der Waals surface area contributed by atoms with E-state index in [2.05, 4.69) is 11.9 Å². The molecule has 0 fully saturated rings. The minimum absolute atomic E-state index is 0.634. The third-order valence-electron chi connectivity index (χ3n) is 2.91. The van der Waals surface area contributed by atoms with E-state index >= 15 is 0 Å². The van der Waals surface area contributed by atoms with Gasteiger partial charge >= 0.3 is 0 Å². The molecule has 0 saturated carbocycles. The average Bonchev–Trinajstić information content (AvgIpc) is 2.38. The van der Waals surface area contributed by atoms with Gasteiger partial charge in [0.05, 0.1) is 6.61 Å². The van der Waals surface area contributed by atoms with Crippen molar-refractivity contribution in [3.8, 4) is 5.75 Å². The Morgan fingerprint density at radius 3 is 2.67 bits per heavy atom. The molecule has 18 heavy (non-hydrogen) atoms. The van der Waals surface area contributed by atoms with Crippen molar-refractivity contribution in [1.29, 1.82) is 0 Å². The Balaban J connectivity index is 1.82. The van der Waals surface area contributed by atoms with Gasteiger partial charge in [0.1, 0.15) is 11.6 Å². The first-order valence-corrected chi connectivity index (χ1v) is 6.15. The summed E-state index contributed by atoms with van der Waals surface area (Å²) in [5.74, 6) is 1.54. The number of hydrogen-bond donors (Lipinski definition) is 1. The van der Waals surface area contributed by atoms with Crippen molar-refractivity contribution >= 4 is 5.82 Å². The van der Waals surface area contributed by atoms with E-state index < -0.39 is 0 Å². The van der Waals surface area contributed by atoms with Crippen LogP contribution in [0.1, 0.15) is 17.5 Å². The van der Waals surface area contributed by atoms with E-state index in [4.69, 9.17) is 10.5 Å². The molecular weight excluding hydrogens is 224 g/mol. The van der Waals surface area contributed by atoms with Crippen LogP contribution in [0.15, 0.2) is 42.6 Å². The summed E-state index contributed by atoms with van der Waals surface area (Å²) in [7, 11) is 0. The maximum absolute atomic E-state index is 5.86. The molecule has 2 N–H and O–H groups in total. The molecule has 0 aliphatic heterocycles. The lowest BCUT2D eigenvalue weighted by atomic mass is 10.1. The van der Waals surface area contributed by atoms with E-state index in [0.29, 0.717) is 12.4 Å². The standard InChI is InChI=1S/C15H18N2O/c1-12-9-10-17-15(16)14(12)8-5-11-18-13-6-3-2-4-7-13/h2-4,6-7,9-10H,5,8,11H2,1H3,(H2,16,17). The summed E-state index contributed by atoms with van der Waals surface area (Å²) in [6, 6.07) is 11.8. The fraction of sp³-hybridized carbons (Fsp3) is 0.267. The summed E-state index contributed by atoms with van der Waals surface area (Å²) in [6.07, 6.45) is 3.58. The van der Waals surface area contributed by atoms with Crippen LogP contribution in [0.2, 0.25) is 0 Å². The van der Waals surface area contributed by atoms with Gasteiger partial charge in [0.2, 0.25) is 0 Å². The first-order valence-electron chi connectivity index (χ1n) is 6.15. The van der Waals surface area contributed by atoms with Gasteiger partial charge in [-0.1, -0.05) is 18.2 Å². The Labute approximate surface area is 108 Å². The lowest BCUT2D eigenvalue weighted by Gasteiger charge is -2.09. The van der Waals surface area contributed by atoms with Crippen molar-refractivity contribution in [2.24, 2.45) is 0 Å². The van der Waals surface area contributed by atoms with Crippen LogP contribution < -0.4 is 10.5 Å². The van der Waals surface area contributed by atoms with Gasteiger partial charge in [0.25, 0.3) is 0 Å². The normalized spacial score (nSPS) is 10.3. The molecule has 2 rings (SSSR count). The van der Waals surface area contributed by atoms with Crippen LogP contribution in [-0.2, 0) is 6.42 Å². The third-order valence-corrected chi connectivity index (χ3v) is 2.91. The molecule has 1 aromatic carbocycles. The number of ether oxygens (including phenoxy) is 1. The summed E-state index contributed by atoms with van der Waals surface area (Å²) in [5, 5.41) is 0. The lowest BCUT2D eigenvalue weighted by Crippen LogP contribution is -2.04. The maximum atomic E-state index is 5.86. The Hall–Kier alpha value is -2.03. The van der Waals surface area contributed by atoms with Crippen LogP contribution in [0.4, 0.5) is 5.82 Å². The van der Waals surface area contributed by atoms with Gasteiger partial charge < -0.3 is 10.5 Å². The zero-order valence-electron chi connectivity index (χ0n) is 10.6. The number of benzene rings is 1. The van der Waals surface area contributed by atoms with E-state index in [1.807, 2.05) is 36.4 Å². The van der Waals surface area contributed by atoms with Crippen molar-refractivity contribution in [3.63, 3.8) is 0 Å². The van der Waals surface area contributed by atoms with E-state index in [1.165, 1.54) is 5.56 Å².